The molecule has 0 spiro atoms. The Morgan fingerprint density at radius 3 is 2.15 bits per heavy atom. The number of aromatic nitrogens is 1. The van der Waals surface area contributed by atoms with Crippen LogP contribution in [-0.2, 0) is 9.59 Å². The van der Waals surface area contributed by atoms with Gasteiger partial charge >= 0.3 is 18.0 Å². The van der Waals surface area contributed by atoms with Crippen LogP contribution in [0.5, 0.6) is 0 Å². The number of nitrogens with one attached hydrogen (secondary N) is 1. The van der Waals surface area contributed by atoms with E-state index >= 15 is 0 Å². The largest absolute Gasteiger partial charge is 0.480 e. The minimum absolute atomic E-state index is 0.404. The zero-order chi connectivity index (χ0) is 15.3. The van der Waals surface area contributed by atoms with Crippen molar-refractivity contribution < 1.29 is 24.6 Å². The number of anilines is 1. The molecule has 1 rings (SSSR count). The molecule has 0 saturated heterocycles. The number of aryl methyl sites for hydroxylation is 2. The summed E-state index contributed by atoms with van der Waals surface area (Å²) in [6, 6.07) is 2.50. The summed E-state index contributed by atoms with van der Waals surface area (Å²) in [7, 11) is 0. The maximum Gasteiger partial charge on any atom is 0.323 e. The van der Waals surface area contributed by atoms with Crippen LogP contribution in [-0.4, -0.2) is 51.2 Å². The average molecular weight is 281 g/mol. The maximum atomic E-state index is 11.9. The first kappa shape index (κ1) is 15.4. The molecule has 0 bridgehead atoms. The highest BCUT2D eigenvalue weighted by molar-refractivity contribution is 5.93. The highest BCUT2D eigenvalue weighted by Crippen LogP contribution is 2.13. The van der Waals surface area contributed by atoms with E-state index in [0.29, 0.717) is 16.3 Å². The summed E-state index contributed by atoms with van der Waals surface area (Å²) in [5.41, 5.74) is 1.73. The van der Waals surface area contributed by atoms with Crippen molar-refractivity contribution in [3.63, 3.8) is 0 Å². The van der Waals surface area contributed by atoms with Crippen molar-refractivity contribution >= 4 is 23.7 Å². The molecule has 8 heteroatoms. The van der Waals surface area contributed by atoms with Crippen molar-refractivity contribution in [2.45, 2.75) is 13.8 Å². The number of pyridine rings is 1. The Morgan fingerprint density at radius 1 is 1.15 bits per heavy atom. The minimum Gasteiger partial charge on any atom is -0.480 e. The molecule has 0 fully saturated rings. The summed E-state index contributed by atoms with van der Waals surface area (Å²) < 4.78 is 0. The first-order valence-electron chi connectivity index (χ1n) is 5.73. The smallest absolute Gasteiger partial charge is 0.323 e. The van der Waals surface area contributed by atoms with Gasteiger partial charge in [-0.3, -0.25) is 14.6 Å². The van der Waals surface area contributed by atoms with Crippen LogP contribution in [0, 0.1) is 13.8 Å². The number of rotatable bonds is 5. The van der Waals surface area contributed by atoms with Crippen LogP contribution in [0.3, 0.4) is 0 Å². The second-order valence-corrected chi connectivity index (χ2v) is 4.16. The van der Waals surface area contributed by atoms with Gasteiger partial charge in [-0.15, -0.1) is 0 Å². The molecule has 0 aliphatic rings. The summed E-state index contributed by atoms with van der Waals surface area (Å²) in [4.78, 5) is 38.0. The van der Waals surface area contributed by atoms with E-state index in [-0.39, 0.29) is 0 Å². The van der Waals surface area contributed by atoms with Crippen LogP contribution in [0.15, 0.2) is 12.1 Å². The topological polar surface area (TPSA) is 120 Å². The Morgan fingerprint density at radius 2 is 1.70 bits per heavy atom. The van der Waals surface area contributed by atoms with Crippen molar-refractivity contribution in [1.29, 1.82) is 0 Å². The van der Waals surface area contributed by atoms with Crippen LogP contribution in [0.4, 0.5) is 10.5 Å². The van der Waals surface area contributed by atoms with Gasteiger partial charge in [0.05, 0.1) is 11.4 Å². The Hall–Kier alpha value is -2.64. The monoisotopic (exact) mass is 281 g/mol. The van der Waals surface area contributed by atoms with E-state index in [1.807, 2.05) is 0 Å². The third-order valence-corrected chi connectivity index (χ3v) is 2.41. The van der Waals surface area contributed by atoms with E-state index in [1.54, 1.807) is 26.0 Å². The van der Waals surface area contributed by atoms with Gasteiger partial charge in [0.25, 0.3) is 0 Å². The molecule has 0 saturated carbocycles. The first-order chi connectivity index (χ1) is 9.29. The molecule has 1 aromatic heterocycles. The second kappa shape index (κ2) is 6.50. The van der Waals surface area contributed by atoms with Crippen molar-refractivity contribution in [3.05, 3.63) is 23.5 Å². The van der Waals surface area contributed by atoms with Crippen LogP contribution in [0.1, 0.15) is 11.4 Å². The lowest BCUT2D eigenvalue weighted by Gasteiger charge is -2.19. The third-order valence-electron chi connectivity index (χ3n) is 2.41. The van der Waals surface area contributed by atoms with Crippen molar-refractivity contribution in [2.24, 2.45) is 0 Å². The summed E-state index contributed by atoms with van der Waals surface area (Å²) in [5.74, 6) is -2.58. The van der Waals surface area contributed by atoms with E-state index in [0.717, 1.165) is 5.69 Å². The summed E-state index contributed by atoms with van der Waals surface area (Å²) in [6.45, 7) is 2.08. The number of nitrogens with zero attached hydrogens (tertiary/aromatic N) is 2. The van der Waals surface area contributed by atoms with Gasteiger partial charge in [-0.25, -0.2) is 4.79 Å². The molecule has 0 radical (unpaired) electrons. The van der Waals surface area contributed by atoms with Gasteiger partial charge in [0, 0.05) is 5.69 Å². The normalized spacial score (nSPS) is 9.90. The second-order valence-electron chi connectivity index (χ2n) is 4.16. The molecule has 1 aromatic rings. The van der Waals surface area contributed by atoms with Gasteiger partial charge in [-0.05, 0) is 26.0 Å². The van der Waals surface area contributed by atoms with Gasteiger partial charge < -0.3 is 20.4 Å². The molecular weight excluding hydrogens is 266 g/mol. The van der Waals surface area contributed by atoms with Crippen molar-refractivity contribution in [2.75, 3.05) is 18.4 Å². The summed E-state index contributed by atoms with van der Waals surface area (Å²) in [6.07, 6.45) is 0. The molecule has 3 N–H and O–H groups in total. The van der Waals surface area contributed by atoms with Gasteiger partial charge in [-0.1, -0.05) is 0 Å². The fourth-order valence-electron chi connectivity index (χ4n) is 1.54. The van der Waals surface area contributed by atoms with Crippen molar-refractivity contribution in [1.82, 2.24) is 9.88 Å². The van der Waals surface area contributed by atoms with Crippen LogP contribution >= 0.6 is 0 Å². The van der Waals surface area contributed by atoms with Crippen LogP contribution in [0.25, 0.3) is 0 Å². The SMILES string of the molecule is Cc1ccc(NC(=O)N(CC(=O)O)CC(=O)O)c(C)n1. The summed E-state index contributed by atoms with van der Waals surface area (Å²) in [5, 5.41) is 19.8. The van der Waals surface area contributed by atoms with Crippen molar-refractivity contribution in [3.8, 4) is 0 Å². The van der Waals surface area contributed by atoms with E-state index in [9.17, 15) is 14.4 Å². The lowest BCUT2D eigenvalue weighted by Crippen LogP contribution is -2.42. The highest BCUT2D eigenvalue weighted by Gasteiger charge is 2.20. The molecule has 0 aliphatic heterocycles. The number of carbonyl (C=O) groups excluding carboxylic acids is 1. The summed E-state index contributed by atoms with van der Waals surface area (Å²) >= 11 is 0. The Balaban J connectivity index is 2.84. The van der Waals surface area contributed by atoms with E-state index in [2.05, 4.69) is 10.3 Å². The van der Waals surface area contributed by atoms with E-state index < -0.39 is 31.1 Å². The molecule has 20 heavy (non-hydrogen) atoms. The number of hydrogen-bond acceptors (Lipinski definition) is 4. The zero-order valence-electron chi connectivity index (χ0n) is 11.1. The first-order valence-corrected chi connectivity index (χ1v) is 5.73. The molecule has 1 heterocycles. The molecular formula is C12H15N3O5. The van der Waals surface area contributed by atoms with E-state index in [1.165, 1.54) is 0 Å². The van der Waals surface area contributed by atoms with E-state index in [4.69, 9.17) is 10.2 Å². The molecule has 0 unspecified atom stereocenters. The predicted octanol–water partition coefficient (Wildman–Crippen LogP) is 0.702. The lowest BCUT2D eigenvalue weighted by atomic mass is 10.3. The number of amides is 2. The zero-order valence-corrected chi connectivity index (χ0v) is 11.1. The quantitative estimate of drug-likeness (QED) is 0.730. The number of hydrogen-bond donors (Lipinski definition) is 3. The predicted molar refractivity (Wildman–Crippen MR) is 69.6 cm³/mol. The lowest BCUT2D eigenvalue weighted by molar-refractivity contribution is -0.140. The standard InChI is InChI=1S/C12H15N3O5/c1-7-3-4-9(8(2)13-7)14-12(20)15(5-10(16)17)6-11(18)19/h3-4H,5-6H2,1-2H3,(H,14,20)(H,16,17)(H,18,19). The highest BCUT2D eigenvalue weighted by atomic mass is 16.4. The Kier molecular flexibility index (Phi) is 5.01. The van der Waals surface area contributed by atoms with Gasteiger partial charge in [0.1, 0.15) is 13.1 Å². The molecule has 0 aromatic carbocycles. The molecule has 108 valence electrons. The third kappa shape index (κ3) is 4.56. The average Bonchev–Trinajstić information content (AvgIpc) is 2.30. The molecule has 0 atom stereocenters. The molecule has 8 nitrogen and oxygen atoms in total. The minimum atomic E-state index is -1.29. The number of carboxylic acids is 2. The van der Waals surface area contributed by atoms with Crippen LogP contribution in [0.2, 0.25) is 0 Å². The fraction of sp³-hybridized carbons (Fsp3) is 0.333. The number of aliphatic carboxylic acids is 2. The molecule has 2 amide bonds. The van der Waals surface area contributed by atoms with Crippen LogP contribution < -0.4 is 5.32 Å². The van der Waals surface area contributed by atoms with Gasteiger partial charge in [-0.2, -0.15) is 0 Å². The number of carbonyl (C=O) groups is 3. The molecule has 0 aliphatic carbocycles. The fourth-order valence-corrected chi connectivity index (χ4v) is 1.54. The number of carboxylic acid groups (broad SMARTS) is 2. The Bertz CT molecular complexity index is 528. The number of urea groups is 1. The Labute approximate surface area is 115 Å². The van der Waals surface area contributed by atoms with Gasteiger partial charge in [0.15, 0.2) is 0 Å². The maximum absolute atomic E-state index is 11.9. The van der Waals surface area contributed by atoms with Gasteiger partial charge in [0.2, 0.25) is 0 Å².